The fourth-order valence-electron chi connectivity index (χ4n) is 4.64. The van der Waals surface area contributed by atoms with Crippen LogP contribution in [0.5, 0.6) is 11.5 Å². The van der Waals surface area contributed by atoms with E-state index in [1.54, 1.807) is 24.5 Å². The Hall–Kier alpha value is -4.12. The van der Waals surface area contributed by atoms with E-state index < -0.39 is 11.1 Å². The van der Waals surface area contributed by atoms with Crippen molar-refractivity contribution in [1.29, 1.82) is 0 Å². The van der Waals surface area contributed by atoms with Crippen LogP contribution in [0.25, 0.3) is 5.65 Å². The van der Waals surface area contributed by atoms with Gasteiger partial charge in [-0.1, -0.05) is 82.9 Å². The molecule has 0 saturated carbocycles. The van der Waals surface area contributed by atoms with Crippen LogP contribution in [-0.2, 0) is 38.5 Å². The molecule has 0 amide bonds. The summed E-state index contributed by atoms with van der Waals surface area (Å²) in [5.74, 6) is 1.13. The molecule has 2 aromatic carbocycles. The zero-order valence-electron chi connectivity index (χ0n) is 28.3. The topological polar surface area (TPSA) is 152 Å². The zero-order valence-corrected chi connectivity index (χ0v) is 32.2. The lowest BCUT2D eigenvalue weighted by molar-refractivity contribution is -0.144. The lowest BCUT2D eigenvalue weighted by Crippen LogP contribution is -2.22. The highest BCUT2D eigenvalue weighted by Crippen LogP contribution is 2.61. The van der Waals surface area contributed by atoms with Gasteiger partial charge in [-0.05, 0) is 89.4 Å². The third kappa shape index (κ3) is 17.9. The molecular formula is C39H49Cl4N4O7P. The normalized spacial score (nSPS) is 12.5. The monoisotopic (exact) mass is 856 g/mol. The van der Waals surface area contributed by atoms with E-state index in [9.17, 15) is 18.9 Å². The molecule has 16 heteroatoms. The number of ether oxygens (including phenoxy) is 3. The Morgan fingerprint density at radius 1 is 0.891 bits per heavy atom. The minimum atomic E-state index is -3.22. The van der Waals surface area contributed by atoms with E-state index in [1.165, 1.54) is 11.3 Å². The van der Waals surface area contributed by atoms with Gasteiger partial charge in [0.15, 0.2) is 23.0 Å². The van der Waals surface area contributed by atoms with Crippen LogP contribution in [0.2, 0.25) is 0 Å². The number of carbonyl (C=O) groups is 2. The number of hydrogen-bond acceptors (Lipinski definition) is 10. The number of aromatic nitrogens is 3. The van der Waals surface area contributed by atoms with Gasteiger partial charge in [-0.25, -0.2) is 9.97 Å². The molecule has 2 N–H and O–H groups in total. The number of pyridine rings is 2. The highest BCUT2D eigenvalue weighted by Gasteiger charge is 2.30. The standard InChI is InChI=1S/C18H17ClN2O2.C12H12N2O.C6H8O3.3CH4.Cl3OP/c1-13-15(9-10-19)18(22)21-11-5-8-16(17(21)20-13)23-12-14-6-3-2-4-7-14;13-12-11(7-4-8-14-12)15-9-10-5-2-1-3-6-10;1-4(7)5-2-3-9-6(5)8;;;;1-5(2,3)4/h2-8,11H,9-10,12H2,1H3;1-8H,9H2,(H2,13,14);5H,2-3H2,1H3;3*1H4;. The summed E-state index contributed by atoms with van der Waals surface area (Å²) in [7, 11) is 0. The van der Waals surface area contributed by atoms with Gasteiger partial charge in [0.2, 0.25) is 0 Å². The number of alkyl halides is 1. The molecule has 0 bridgehead atoms. The van der Waals surface area contributed by atoms with Crippen molar-refractivity contribution in [2.24, 2.45) is 5.92 Å². The number of Topliss-reactive ketones (excluding diaryl/α,β-unsaturated/α-hetero) is 1. The van der Waals surface area contributed by atoms with E-state index >= 15 is 0 Å². The summed E-state index contributed by atoms with van der Waals surface area (Å²) in [6, 6.07) is 27.1. The molecule has 1 atom stereocenters. The minimum Gasteiger partial charge on any atom is -0.485 e. The number of ketones is 1. The van der Waals surface area contributed by atoms with Crippen molar-refractivity contribution >= 4 is 73.7 Å². The number of esters is 1. The first kappa shape index (κ1) is 50.9. The van der Waals surface area contributed by atoms with Crippen LogP contribution in [0.1, 0.15) is 58.0 Å². The Balaban J connectivity index is 0.000000787. The Labute approximate surface area is 342 Å². The van der Waals surface area contributed by atoms with Crippen molar-refractivity contribution in [1.82, 2.24) is 14.4 Å². The zero-order chi connectivity index (χ0) is 38.1. The molecule has 1 aliphatic heterocycles. The number of hydrogen-bond donors (Lipinski definition) is 1. The second kappa shape index (κ2) is 25.9. The summed E-state index contributed by atoms with van der Waals surface area (Å²) >= 11 is 19.6. The molecule has 1 aliphatic rings. The van der Waals surface area contributed by atoms with Crippen LogP contribution in [0.4, 0.5) is 5.82 Å². The molecule has 6 rings (SSSR count). The fraction of sp³-hybridized carbons (Fsp3) is 0.308. The molecule has 1 fully saturated rings. The van der Waals surface area contributed by atoms with Crippen molar-refractivity contribution < 1.29 is 28.4 Å². The van der Waals surface area contributed by atoms with Gasteiger partial charge >= 0.3 is 11.2 Å². The largest absolute Gasteiger partial charge is 0.485 e. The number of cyclic esters (lactones) is 1. The van der Waals surface area contributed by atoms with E-state index in [0.717, 1.165) is 11.1 Å². The van der Waals surface area contributed by atoms with Gasteiger partial charge in [0.1, 0.15) is 24.9 Å². The van der Waals surface area contributed by atoms with Crippen molar-refractivity contribution in [3.05, 3.63) is 130 Å². The van der Waals surface area contributed by atoms with Crippen molar-refractivity contribution in [3.8, 4) is 11.5 Å². The van der Waals surface area contributed by atoms with Gasteiger partial charge in [-0.3, -0.25) is 23.3 Å². The number of halogens is 4. The smallest absolute Gasteiger partial charge is 0.339 e. The summed E-state index contributed by atoms with van der Waals surface area (Å²) in [6.45, 7) is 4.59. The summed E-state index contributed by atoms with van der Waals surface area (Å²) in [5.41, 5.74) is 9.62. The average Bonchev–Trinajstić information content (AvgIpc) is 3.56. The first-order chi connectivity index (χ1) is 24.8. The van der Waals surface area contributed by atoms with Crippen LogP contribution in [0, 0.1) is 12.8 Å². The Bertz CT molecular complexity index is 2010. The van der Waals surface area contributed by atoms with Crippen molar-refractivity contribution in [2.75, 3.05) is 18.2 Å². The molecule has 1 saturated heterocycles. The highest BCUT2D eigenvalue weighted by molar-refractivity contribution is 8.24. The first-order valence-electron chi connectivity index (χ1n) is 15.7. The molecule has 1 unspecified atom stereocenters. The molecule has 0 spiro atoms. The maximum atomic E-state index is 12.6. The molecule has 5 aromatic rings. The summed E-state index contributed by atoms with van der Waals surface area (Å²) in [6.07, 6.45) is 4.42. The molecule has 11 nitrogen and oxygen atoms in total. The van der Waals surface area contributed by atoms with Crippen molar-refractivity contribution in [2.45, 2.75) is 62.2 Å². The van der Waals surface area contributed by atoms with Crippen LogP contribution >= 0.6 is 50.5 Å². The van der Waals surface area contributed by atoms with Crippen LogP contribution in [0.15, 0.2) is 102 Å². The molecule has 4 heterocycles. The van der Waals surface area contributed by atoms with E-state index in [2.05, 4.69) is 48.4 Å². The van der Waals surface area contributed by atoms with Gasteiger partial charge in [-0.15, -0.1) is 11.6 Å². The van der Waals surface area contributed by atoms with E-state index in [4.69, 9.17) is 26.8 Å². The lowest BCUT2D eigenvalue weighted by atomic mass is 10.1. The van der Waals surface area contributed by atoms with Gasteiger partial charge in [0.25, 0.3) is 5.56 Å². The molecule has 55 heavy (non-hydrogen) atoms. The first-order valence-corrected chi connectivity index (χ1v) is 20.7. The lowest BCUT2D eigenvalue weighted by Gasteiger charge is -2.11. The number of benzene rings is 2. The van der Waals surface area contributed by atoms with Crippen LogP contribution in [0.3, 0.4) is 0 Å². The number of nitrogens with zero attached hydrogens (tertiary/aromatic N) is 3. The number of anilines is 1. The molecule has 0 radical (unpaired) electrons. The Kier molecular flexibility index (Phi) is 23.9. The summed E-state index contributed by atoms with van der Waals surface area (Å²) in [4.78, 5) is 42.2. The molecule has 3 aromatic heterocycles. The average molecular weight is 859 g/mol. The van der Waals surface area contributed by atoms with E-state index in [0.29, 0.717) is 72.8 Å². The number of carbonyl (C=O) groups excluding carboxylic acids is 2. The highest BCUT2D eigenvalue weighted by atomic mass is 36.0. The minimum absolute atomic E-state index is 0. The van der Waals surface area contributed by atoms with Gasteiger partial charge < -0.3 is 19.9 Å². The quantitative estimate of drug-likeness (QED) is 0.0656. The van der Waals surface area contributed by atoms with Crippen LogP contribution < -0.4 is 20.8 Å². The number of fused-ring (bicyclic) bond motifs is 1. The van der Waals surface area contributed by atoms with Gasteiger partial charge in [-0.2, -0.15) is 0 Å². The molecule has 0 aliphatic carbocycles. The number of rotatable bonds is 9. The number of nitrogen functional groups attached to an aromatic ring is 1. The fourth-order valence-corrected chi connectivity index (χ4v) is 4.82. The maximum absolute atomic E-state index is 12.6. The van der Waals surface area contributed by atoms with E-state index in [1.807, 2.05) is 79.7 Å². The van der Waals surface area contributed by atoms with E-state index in [-0.39, 0.29) is 39.6 Å². The Morgan fingerprint density at radius 2 is 1.42 bits per heavy atom. The summed E-state index contributed by atoms with van der Waals surface area (Å²) in [5, 5.41) is -3.22. The predicted octanol–water partition coefficient (Wildman–Crippen LogP) is 10.5. The predicted molar refractivity (Wildman–Crippen MR) is 226 cm³/mol. The second-order valence-electron chi connectivity index (χ2n) is 10.9. The van der Waals surface area contributed by atoms with Crippen LogP contribution in [-0.4, -0.2) is 38.6 Å². The van der Waals surface area contributed by atoms with Crippen molar-refractivity contribution in [3.63, 3.8) is 0 Å². The molecular weight excluding hydrogens is 809 g/mol. The third-order valence-electron chi connectivity index (χ3n) is 7.16. The second-order valence-corrected chi connectivity index (χ2v) is 18.0. The third-order valence-corrected chi connectivity index (χ3v) is 7.35. The SMILES string of the molecule is C.C.C.CC(=O)C1CCOC1=O.Cc1nc2c(OCc3ccccc3)cccn2c(=O)c1CCCl.Nc1ncccc1OCc1ccccc1.O=P(Cl)(Cl)Cl. The van der Waals surface area contributed by atoms with Gasteiger partial charge in [0, 0.05) is 36.0 Å². The molecule has 300 valence electrons. The summed E-state index contributed by atoms with van der Waals surface area (Å²) < 4.78 is 27.0. The number of aryl methyl sites for hydroxylation is 1. The Morgan fingerprint density at radius 3 is 1.87 bits per heavy atom. The maximum Gasteiger partial charge on any atom is 0.339 e. The van der Waals surface area contributed by atoms with Gasteiger partial charge in [0.05, 0.1) is 6.61 Å². The number of nitrogens with two attached hydrogens (primary N) is 1.